The first-order valence-corrected chi connectivity index (χ1v) is 4.97. The molecule has 1 aromatic rings. The van der Waals surface area contributed by atoms with Crippen molar-refractivity contribution in [3.05, 3.63) is 29.3 Å². The molecule has 0 N–H and O–H groups in total. The van der Waals surface area contributed by atoms with E-state index in [1.165, 1.54) is 6.08 Å². The second kappa shape index (κ2) is 4.88. The van der Waals surface area contributed by atoms with Crippen LogP contribution in [-0.2, 0) is 11.3 Å². The van der Waals surface area contributed by atoms with Crippen molar-refractivity contribution in [2.24, 2.45) is 4.99 Å². The summed E-state index contributed by atoms with van der Waals surface area (Å²) in [7, 11) is 0. The molecule has 0 saturated heterocycles. The van der Waals surface area contributed by atoms with Crippen LogP contribution in [0.15, 0.2) is 22.0 Å². The van der Waals surface area contributed by atoms with E-state index in [2.05, 4.69) is 4.99 Å². The number of isocyanates is 1. The lowest BCUT2D eigenvalue weighted by atomic mass is 10.2. The molecule has 5 heteroatoms. The summed E-state index contributed by atoms with van der Waals surface area (Å²) in [5, 5.41) is 0. The minimum Gasteiger partial charge on any atom is -0.211 e. The van der Waals surface area contributed by atoms with Gasteiger partial charge in [-0.05, 0) is 18.4 Å². The van der Waals surface area contributed by atoms with Gasteiger partial charge in [-0.15, -0.1) is 11.8 Å². The molecular weight excluding hydrogens is 208 g/mol. The Labute approximate surface area is 84.0 Å². The number of hydrogen-bond acceptors (Lipinski definition) is 3. The van der Waals surface area contributed by atoms with E-state index >= 15 is 0 Å². The van der Waals surface area contributed by atoms with Crippen LogP contribution in [0.25, 0.3) is 0 Å². The summed E-state index contributed by atoms with van der Waals surface area (Å²) in [4.78, 5) is 13.2. The normalized spacial score (nSPS) is 9.64. The van der Waals surface area contributed by atoms with Gasteiger partial charge in [0.2, 0.25) is 6.08 Å². The summed E-state index contributed by atoms with van der Waals surface area (Å²) < 4.78 is 26.3. The molecule has 0 amide bonds. The number of nitrogens with zero attached hydrogens (tertiary/aromatic N) is 1. The Morgan fingerprint density at radius 2 is 2.14 bits per heavy atom. The highest BCUT2D eigenvalue weighted by Crippen LogP contribution is 2.22. The monoisotopic (exact) mass is 215 g/mol. The molecular formula is C9H7F2NOS. The average molecular weight is 215 g/mol. The van der Waals surface area contributed by atoms with Gasteiger partial charge in [0.1, 0.15) is 11.6 Å². The molecule has 0 heterocycles. The number of thioether (sulfide) groups is 1. The number of hydrogen-bond donors (Lipinski definition) is 0. The second-order valence-corrected chi connectivity index (χ2v) is 3.33. The number of benzene rings is 1. The van der Waals surface area contributed by atoms with Crippen molar-refractivity contribution in [2.45, 2.75) is 11.4 Å². The van der Waals surface area contributed by atoms with Crippen LogP contribution in [0.1, 0.15) is 5.56 Å². The van der Waals surface area contributed by atoms with Gasteiger partial charge in [-0.3, -0.25) is 0 Å². The number of halogens is 2. The van der Waals surface area contributed by atoms with Gasteiger partial charge in [0, 0.05) is 10.5 Å². The van der Waals surface area contributed by atoms with Crippen molar-refractivity contribution in [1.82, 2.24) is 0 Å². The highest BCUT2D eigenvalue weighted by Gasteiger charge is 2.08. The van der Waals surface area contributed by atoms with Crippen molar-refractivity contribution in [1.29, 1.82) is 0 Å². The van der Waals surface area contributed by atoms with Gasteiger partial charge < -0.3 is 0 Å². The molecule has 0 saturated carbocycles. The van der Waals surface area contributed by atoms with Crippen molar-refractivity contribution >= 4 is 17.8 Å². The molecule has 0 aliphatic rings. The van der Waals surface area contributed by atoms with Gasteiger partial charge in [-0.2, -0.15) is 0 Å². The Balaban J connectivity index is 3.08. The Kier molecular flexibility index (Phi) is 3.80. The molecule has 0 unspecified atom stereocenters. The smallest absolute Gasteiger partial charge is 0.211 e. The maximum absolute atomic E-state index is 13.2. The van der Waals surface area contributed by atoms with Crippen LogP contribution in [-0.4, -0.2) is 12.3 Å². The van der Waals surface area contributed by atoms with Crippen LogP contribution in [0.3, 0.4) is 0 Å². The van der Waals surface area contributed by atoms with E-state index in [-0.39, 0.29) is 17.0 Å². The lowest BCUT2D eigenvalue weighted by Gasteiger charge is -2.03. The molecule has 0 atom stereocenters. The molecule has 74 valence electrons. The molecule has 0 aromatic heterocycles. The Morgan fingerprint density at radius 3 is 2.71 bits per heavy atom. The largest absolute Gasteiger partial charge is 0.235 e. The third kappa shape index (κ3) is 2.40. The minimum atomic E-state index is -0.560. The fraction of sp³-hybridized carbons (Fsp3) is 0.222. The predicted molar refractivity (Wildman–Crippen MR) is 50.0 cm³/mol. The maximum Gasteiger partial charge on any atom is 0.235 e. The van der Waals surface area contributed by atoms with E-state index in [9.17, 15) is 13.6 Å². The van der Waals surface area contributed by atoms with Crippen LogP contribution in [0.5, 0.6) is 0 Å². The van der Waals surface area contributed by atoms with Crippen LogP contribution >= 0.6 is 11.8 Å². The summed E-state index contributed by atoms with van der Waals surface area (Å²) >= 11 is 1.12. The molecule has 1 aromatic carbocycles. The lowest BCUT2D eigenvalue weighted by Crippen LogP contribution is -1.92. The predicted octanol–water partition coefficient (Wildman–Crippen LogP) is 2.52. The van der Waals surface area contributed by atoms with E-state index in [1.807, 2.05) is 0 Å². The van der Waals surface area contributed by atoms with Gasteiger partial charge in [-0.25, -0.2) is 18.6 Å². The van der Waals surface area contributed by atoms with E-state index in [0.29, 0.717) is 0 Å². The summed E-state index contributed by atoms with van der Waals surface area (Å²) in [6.45, 7) is -0.180. The Morgan fingerprint density at radius 1 is 1.43 bits per heavy atom. The molecule has 2 nitrogen and oxygen atoms in total. The van der Waals surface area contributed by atoms with E-state index in [4.69, 9.17) is 0 Å². The van der Waals surface area contributed by atoms with Crippen LogP contribution in [0, 0.1) is 11.6 Å². The fourth-order valence-corrected chi connectivity index (χ4v) is 1.44. The summed E-state index contributed by atoms with van der Waals surface area (Å²) in [5.74, 6) is -1.07. The fourth-order valence-electron chi connectivity index (χ4n) is 0.965. The summed E-state index contributed by atoms with van der Waals surface area (Å²) in [5.41, 5.74) is 0.0589. The highest BCUT2D eigenvalue weighted by atomic mass is 32.2. The summed E-state index contributed by atoms with van der Waals surface area (Å²) in [6.07, 6.45) is 2.93. The zero-order valence-electron chi connectivity index (χ0n) is 7.38. The molecule has 1 rings (SSSR count). The summed E-state index contributed by atoms with van der Waals surface area (Å²) in [6, 6.07) is 2.14. The lowest BCUT2D eigenvalue weighted by molar-refractivity contribution is 0.556. The van der Waals surface area contributed by atoms with Crippen LogP contribution in [0.2, 0.25) is 0 Å². The quantitative estimate of drug-likeness (QED) is 0.440. The second-order valence-electron chi connectivity index (χ2n) is 2.49. The molecule has 0 radical (unpaired) electrons. The highest BCUT2D eigenvalue weighted by molar-refractivity contribution is 7.98. The molecule has 0 aliphatic heterocycles. The third-order valence-corrected chi connectivity index (χ3v) is 2.39. The molecule has 0 fully saturated rings. The zero-order chi connectivity index (χ0) is 10.6. The number of aliphatic imine (C=N–C) groups is 1. The molecule has 0 aliphatic carbocycles. The topological polar surface area (TPSA) is 29.4 Å². The zero-order valence-corrected chi connectivity index (χ0v) is 8.20. The number of carbonyl (C=O) groups excluding carboxylic acids is 1. The van der Waals surface area contributed by atoms with E-state index in [1.54, 1.807) is 6.26 Å². The Bertz CT molecular complexity index is 389. The Hall–Kier alpha value is -1.19. The minimum absolute atomic E-state index is 0.0589. The van der Waals surface area contributed by atoms with Crippen molar-refractivity contribution in [3.63, 3.8) is 0 Å². The van der Waals surface area contributed by atoms with Crippen LogP contribution in [0.4, 0.5) is 8.78 Å². The third-order valence-electron chi connectivity index (χ3n) is 1.63. The maximum atomic E-state index is 13.2. The molecule has 0 bridgehead atoms. The number of rotatable bonds is 3. The van der Waals surface area contributed by atoms with Gasteiger partial charge in [0.25, 0.3) is 0 Å². The van der Waals surface area contributed by atoms with Gasteiger partial charge in [0.05, 0.1) is 6.54 Å². The average Bonchev–Trinajstić information content (AvgIpc) is 2.18. The molecule has 14 heavy (non-hydrogen) atoms. The van der Waals surface area contributed by atoms with Crippen LogP contribution < -0.4 is 0 Å². The van der Waals surface area contributed by atoms with Gasteiger partial charge >= 0.3 is 0 Å². The van der Waals surface area contributed by atoms with Crippen molar-refractivity contribution in [2.75, 3.05) is 6.26 Å². The SMILES string of the molecule is CSc1cc(F)c(CN=C=O)cc1F. The first-order chi connectivity index (χ1) is 6.69. The standard InChI is InChI=1S/C9H7F2NOS/c1-14-9-3-7(10)6(2-8(9)11)4-12-5-13/h2-3H,4H2,1H3. The van der Waals surface area contributed by atoms with Crippen molar-refractivity contribution < 1.29 is 13.6 Å². The van der Waals surface area contributed by atoms with Gasteiger partial charge in [-0.1, -0.05) is 0 Å². The molecule has 0 spiro atoms. The van der Waals surface area contributed by atoms with Crippen molar-refractivity contribution in [3.8, 4) is 0 Å². The first kappa shape index (κ1) is 10.9. The van der Waals surface area contributed by atoms with E-state index in [0.717, 1.165) is 23.9 Å². The van der Waals surface area contributed by atoms with E-state index < -0.39 is 11.6 Å². The van der Waals surface area contributed by atoms with Gasteiger partial charge in [0.15, 0.2) is 0 Å². The first-order valence-electron chi connectivity index (χ1n) is 3.74.